The maximum atomic E-state index is 5.85. The minimum absolute atomic E-state index is 0.538. The number of halogens is 1. The van der Waals surface area contributed by atoms with Crippen LogP contribution in [0.1, 0.15) is 16.7 Å². The molecule has 2 aromatic carbocycles. The fourth-order valence-electron chi connectivity index (χ4n) is 2.09. The maximum Gasteiger partial charge on any atom is 0.119 e. The summed E-state index contributed by atoms with van der Waals surface area (Å²) in [6.07, 6.45) is 7.73. The second-order valence-electron chi connectivity index (χ2n) is 5.10. The molecule has 0 saturated carbocycles. The smallest absolute Gasteiger partial charge is 0.119 e. The largest absolute Gasteiger partial charge is 0.489 e. The first-order valence-electron chi connectivity index (χ1n) is 7.35. The molecule has 0 atom stereocenters. The van der Waals surface area contributed by atoms with E-state index in [2.05, 4.69) is 41.4 Å². The number of hydrogen-bond donors (Lipinski definition) is 0. The zero-order valence-corrected chi connectivity index (χ0v) is 13.3. The zero-order chi connectivity index (χ0) is 15.9. The Balaban J connectivity index is 1.58. The monoisotopic (exact) mass is 321 g/mol. The minimum Gasteiger partial charge on any atom is -0.489 e. The number of ether oxygens (including phenoxy) is 1. The third-order valence-corrected chi connectivity index (χ3v) is 3.63. The molecule has 0 N–H and O–H groups in total. The van der Waals surface area contributed by atoms with Gasteiger partial charge >= 0.3 is 0 Å². The predicted molar refractivity (Wildman–Crippen MR) is 95.4 cm³/mol. The molecule has 0 bridgehead atoms. The van der Waals surface area contributed by atoms with Crippen LogP contribution in [0.4, 0.5) is 0 Å². The van der Waals surface area contributed by atoms with Gasteiger partial charge in [0.15, 0.2) is 0 Å². The second-order valence-corrected chi connectivity index (χ2v) is 5.53. The van der Waals surface area contributed by atoms with Gasteiger partial charge in [0.2, 0.25) is 0 Å². The van der Waals surface area contributed by atoms with E-state index in [4.69, 9.17) is 16.3 Å². The summed E-state index contributed by atoms with van der Waals surface area (Å²) in [6.45, 7) is 0.538. The molecule has 0 aliphatic rings. The van der Waals surface area contributed by atoms with E-state index in [1.54, 1.807) is 12.4 Å². The van der Waals surface area contributed by atoms with Gasteiger partial charge in [-0.25, -0.2) is 0 Å². The van der Waals surface area contributed by atoms with Crippen molar-refractivity contribution >= 4 is 23.8 Å². The van der Waals surface area contributed by atoms with Gasteiger partial charge in [0.1, 0.15) is 12.4 Å². The number of pyridine rings is 1. The van der Waals surface area contributed by atoms with E-state index in [0.29, 0.717) is 11.6 Å². The van der Waals surface area contributed by atoms with Crippen molar-refractivity contribution in [1.82, 2.24) is 4.98 Å². The Bertz CT molecular complexity index is 765. The first kappa shape index (κ1) is 15.3. The Labute approximate surface area is 141 Å². The zero-order valence-electron chi connectivity index (χ0n) is 12.5. The van der Waals surface area contributed by atoms with Crippen LogP contribution in [0.5, 0.6) is 5.75 Å². The molecule has 23 heavy (non-hydrogen) atoms. The van der Waals surface area contributed by atoms with Gasteiger partial charge in [-0.3, -0.25) is 4.98 Å². The van der Waals surface area contributed by atoms with Crippen molar-refractivity contribution < 1.29 is 4.74 Å². The summed E-state index contributed by atoms with van der Waals surface area (Å²) in [5.41, 5.74) is 3.41. The molecule has 0 amide bonds. The highest BCUT2D eigenvalue weighted by atomic mass is 35.5. The van der Waals surface area contributed by atoms with E-state index in [0.717, 1.165) is 22.4 Å². The van der Waals surface area contributed by atoms with E-state index < -0.39 is 0 Å². The lowest BCUT2D eigenvalue weighted by Crippen LogP contribution is -1.94. The van der Waals surface area contributed by atoms with Crippen molar-refractivity contribution in [3.63, 3.8) is 0 Å². The van der Waals surface area contributed by atoms with Gasteiger partial charge in [-0.15, -0.1) is 0 Å². The molecule has 3 rings (SSSR count). The van der Waals surface area contributed by atoms with E-state index in [1.807, 2.05) is 36.4 Å². The second kappa shape index (κ2) is 7.61. The van der Waals surface area contributed by atoms with Crippen LogP contribution in [0.3, 0.4) is 0 Å². The van der Waals surface area contributed by atoms with E-state index >= 15 is 0 Å². The van der Waals surface area contributed by atoms with E-state index in [-0.39, 0.29) is 0 Å². The molecule has 0 saturated heterocycles. The molecule has 0 aliphatic heterocycles. The van der Waals surface area contributed by atoms with Crippen LogP contribution in [0.25, 0.3) is 12.2 Å². The first-order chi connectivity index (χ1) is 11.3. The number of rotatable bonds is 5. The summed E-state index contributed by atoms with van der Waals surface area (Å²) in [5.74, 6) is 0.816. The van der Waals surface area contributed by atoms with Crippen LogP contribution in [-0.4, -0.2) is 4.98 Å². The summed E-state index contributed by atoms with van der Waals surface area (Å²) in [6, 6.07) is 19.6. The van der Waals surface area contributed by atoms with Crippen LogP contribution in [0, 0.1) is 0 Å². The van der Waals surface area contributed by atoms with Crippen molar-refractivity contribution in [2.75, 3.05) is 0 Å². The van der Waals surface area contributed by atoms with Crippen molar-refractivity contribution in [2.24, 2.45) is 0 Å². The van der Waals surface area contributed by atoms with Crippen LogP contribution in [-0.2, 0) is 6.61 Å². The number of hydrogen-bond acceptors (Lipinski definition) is 2. The predicted octanol–water partition coefficient (Wildman–Crippen LogP) is 5.48. The first-order valence-corrected chi connectivity index (χ1v) is 7.73. The Kier molecular flexibility index (Phi) is 5.07. The molecule has 0 spiro atoms. The number of nitrogens with zero attached hydrogens (tertiary/aromatic N) is 1. The van der Waals surface area contributed by atoms with E-state index in [9.17, 15) is 0 Å². The summed E-state index contributed by atoms with van der Waals surface area (Å²) < 4.78 is 5.73. The van der Waals surface area contributed by atoms with Crippen LogP contribution < -0.4 is 4.74 Å². The maximum absolute atomic E-state index is 5.85. The Morgan fingerprint density at radius 1 is 0.783 bits per heavy atom. The van der Waals surface area contributed by atoms with Gasteiger partial charge in [0.25, 0.3) is 0 Å². The molecule has 0 unspecified atom stereocenters. The highest BCUT2D eigenvalue weighted by Gasteiger charge is 1.97. The third-order valence-electron chi connectivity index (χ3n) is 3.37. The number of aromatic nitrogens is 1. The molecule has 1 aromatic heterocycles. The molecule has 0 aliphatic carbocycles. The lowest BCUT2D eigenvalue weighted by Gasteiger charge is -2.06. The van der Waals surface area contributed by atoms with E-state index in [1.165, 1.54) is 0 Å². The molecule has 2 nitrogen and oxygen atoms in total. The molecule has 0 fully saturated rings. The Morgan fingerprint density at radius 2 is 1.39 bits per heavy atom. The fourth-order valence-corrected chi connectivity index (χ4v) is 2.22. The van der Waals surface area contributed by atoms with Crippen LogP contribution in [0.15, 0.2) is 73.1 Å². The highest BCUT2D eigenvalue weighted by molar-refractivity contribution is 6.30. The molecule has 0 radical (unpaired) electrons. The Hall–Kier alpha value is -2.58. The standard InChI is InChI=1S/C20H16ClNO/c21-19-7-9-20(10-8-19)23-15-18-5-3-16(4-6-18)1-2-17-11-13-22-14-12-17/h1-14H,15H2. The molecule has 114 valence electrons. The van der Waals surface area contributed by atoms with Gasteiger partial charge in [0, 0.05) is 17.4 Å². The van der Waals surface area contributed by atoms with Crippen molar-refractivity contribution in [3.8, 4) is 5.75 Å². The molecule has 3 aromatic rings. The van der Waals surface area contributed by atoms with Gasteiger partial charge < -0.3 is 4.74 Å². The van der Waals surface area contributed by atoms with Gasteiger partial charge in [-0.1, -0.05) is 48.0 Å². The number of benzene rings is 2. The Morgan fingerprint density at radius 3 is 2.04 bits per heavy atom. The lowest BCUT2D eigenvalue weighted by molar-refractivity contribution is 0.306. The molecular formula is C20H16ClNO. The highest BCUT2D eigenvalue weighted by Crippen LogP contribution is 2.17. The summed E-state index contributed by atoms with van der Waals surface area (Å²) in [7, 11) is 0. The quantitative estimate of drug-likeness (QED) is 0.620. The summed E-state index contributed by atoms with van der Waals surface area (Å²) >= 11 is 5.85. The van der Waals surface area contributed by atoms with Crippen LogP contribution in [0.2, 0.25) is 5.02 Å². The van der Waals surface area contributed by atoms with Gasteiger partial charge in [0.05, 0.1) is 0 Å². The van der Waals surface area contributed by atoms with Crippen molar-refractivity contribution in [1.29, 1.82) is 0 Å². The summed E-state index contributed by atoms with van der Waals surface area (Å²) in [4.78, 5) is 4.01. The topological polar surface area (TPSA) is 22.1 Å². The molecule has 3 heteroatoms. The lowest BCUT2D eigenvalue weighted by atomic mass is 10.1. The normalized spacial score (nSPS) is 10.8. The minimum atomic E-state index is 0.538. The third kappa shape index (κ3) is 4.70. The van der Waals surface area contributed by atoms with Gasteiger partial charge in [-0.05, 0) is 53.1 Å². The van der Waals surface area contributed by atoms with Gasteiger partial charge in [-0.2, -0.15) is 0 Å². The van der Waals surface area contributed by atoms with Crippen molar-refractivity contribution in [2.45, 2.75) is 6.61 Å². The average Bonchev–Trinajstić information content (AvgIpc) is 2.61. The SMILES string of the molecule is Clc1ccc(OCc2ccc(C=Cc3ccncc3)cc2)cc1. The average molecular weight is 322 g/mol. The molecular weight excluding hydrogens is 306 g/mol. The summed E-state index contributed by atoms with van der Waals surface area (Å²) in [5, 5.41) is 0.711. The van der Waals surface area contributed by atoms with Crippen molar-refractivity contribution in [3.05, 3.63) is 94.8 Å². The molecule has 1 heterocycles. The fraction of sp³-hybridized carbons (Fsp3) is 0.0500. The van der Waals surface area contributed by atoms with Crippen LogP contribution >= 0.6 is 11.6 Å².